The number of halogens is 1. The van der Waals surface area contributed by atoms with Crippen molar-refractivity contribution in [1.82, 2.24) is 30.6 Å². The van der Waals surface area contributed by atoms with Crippen LogP contribution in [0.5, 0.6) is 0 Å². The number of hydrogen-bond donors (Lipinski definition) is 4. The Balaban J connectivity index is 1.59. The fourth-order valence-electron chi connectivity index (χ4n) is 3.47. The number of fused-ring (bicyclic) bond motifs is 1. The summed E-state index contributed by atoms with van der Waals surface area (Å²) in [6, 6.07) is 3.98. The van der Waals surface area contributed by atoms with E-state index in [4.69, 9.17) is 10.1 Å². The topological polar surface area (TPSA) is 141 Å². The van der Waals surface area contributed by atoms with E-state index in [0.717, 1.165) is 0 Å². The summed E-state index contributed by atoms with van der Waals surface area (Å²) in [5.74, 6) is 0.125. The molecule has 0 aliphatic carbocycles. The molecule has 0 bridgehead atoms. The molecule has 11 nitrogen and oxygen atoms in total. The predicted octanol–water partition coefficient (Wildman–Crippen LogP) is 3.00. The van der Waals surface area contributed by atoms with Crippen LogP contribution in [0.4, 0.5) is 21.8 Å². The number of ether oxygens (including phenoxy) is 1. The third kappa shape index (κ3) is 6.15. The molecular formula is C25H30FN9O2. The highest BCUT2D eigenvalue weighted by atomic mass is 19.1. The van der Waals surface area contributed by atoms with Crippen LogP contribution < -0.4 is 20.9 Å². The number of hydrogen-bond acceptors (Lipinski definition) is 10. The van der Waals surface area contributed by atoms with E-state index in [-0.39, 0.29) is 22.5 Å². The number of allylic oxidation sites excluding steroid dienone is 1. The molecule has 1 aromatic carbocycles. The van der Waals surface area contributed by atoms with Crippen molar-refractivity contribution in [1.29, 1.82) is 5.41 Å². The first-order valence-corrected chi connectivity index (χ1v) is 11.8. The van der Waals surface area contributed by atoms with E-state index < -0.39 is 11.7 Å². The highest BCUT2D eigenvalue weighted by Crippen LogP contribution is 2.25. The quantitative estimate of drug-likeness (QED) is 0.355. The van der Waals surface area contributed by atoms with Crippen LogP contribution in [0.1, 0.15) is 31.1 Å². The van der Waals surface area contributed by atoms with Gasteiger partial charge in [-0.2, -0.15) is 0 Å². The number of aromatic nitrogens is 4. The van der Waals surface area contributed by atoms with Gasteiger partial charge in [-0.15, -0.1) is 0 Å². The Morgan fingerprint density at radius 3 is 2.65 bits per heavy atom. The monoisotopic (exact) mass is 507 g/mol. The van der Waals surface area contributed by atoms with E-state index in [1.807, 2.05) is 25.7 Å². The van der Waals surface area contributed by atoms with Crippen molar-refractivity contribution in [3.05, 3.63) is 54.0 Å². The summed E-state index contributed by atoms with van der Waals surface area (Å²) >= 11 is 0. The Bertz CT molecular complexity index is 1350. The highest BCUT2D eigenvalue weighted by molar-refractivity contribution is 6.00. The Morgan fingerprint density at radius 1 is 1.19 bits per heavy atom. The molecule has 3 heterocycles. The standard InChI is InChI=1S/C25H30FN9O2/c1-25(2,3)19(27)12-20(28-4)33-23(36)15-5-6-16(26)17(11-15)32-22-21-18(30-14-31-22)13-29-24(34-21)35-7-9-37-10-8-35/h5-6,11-14,27-28H,7-10H2,1-4H3,(H,33,36)(H,30,31,32)/b20-12+,27-19?. The van der Waals surface area contributed by atoms with Crippen LogP contribution in [-0.2, 0) is 4.74 Å². The van der Waals surface area contributed by atoms with Crippen LogP contribution in [0, 0.1) is 16.6 Å². The van der Waals surface area contributed by atoms with Gasteiger partial charge in [0.2, 0.25) is 5.95 Å². The summed E-state index contributed by atoms with van der Waals surface area (Å²) in [6.45, 7) is 8.21. The summed E-state index contributed by atoms with van der Waals surface area (Å²) in [6.07, 6.45) is 4.49. The second kappa shape index (κ2) is 10.8. The largest absolute Gasteiger partial charge is 0.378 e. The summed E-state index contributed by atoms with van der Waals surface area (Å²) in [5, 5.41) is 16.8. The molecule has 1 fully saturated rings. The molecule has 1 amide bonds. The molecular weight excluding hydrogens is 477 g/mol. The summed E-state index contributed by atoms with van der Waals surface area (Å²) in [4.78, 5) is 32.4. The number of carbonyl (C=O) groups is 1. The van der Waals surface area contributed by atoms with E-state index in [2.05, 4.69) is 35.9 Å². The smallest absolute Gasteiger partial charge is 0.256 e. The zero-order valence-corrected chi connectivity index (χ0v) is 21.2. The molecule has 0 radical (unpaired) electrons. The molecule has 194 valence electrons. The summed E-state index contributed by atoms with van der Waals surface area (Å²) < 4.78 is 20.2. The SMILES string of the molecule is CN/C(=C\C(=N)C(C)(C)C)NC(=O)c1ccc(F)c(Nc2ncnc3cnc(N4CCOCC4)nc23)c1. The Labute approximate surface area is 214 Å². The maximum Gasteiger partial charge on any atom is 0.256 e. The maximum absolute atomic E-state index is 14.8. The lowest BCUT2D eigenvalue weighted by Gasteiger charge is -2.26. The average Bonchev–Trinajstić information content (AvgIpc) is 2.89. The number of amides is 1. The van der Waals surface area contributed by atoms with Gasteiger partial charge in [-0.1, -0.05) is 20.8 Å². The van der Waals surface area contributed by atoms with Crippen LogP contribution in [0.3, 0.4) is 0 Å². The van der Waals surface area contributed by atoms with Gasteiger partial charge in [-0.25, -0.2) is 24.3 Å². The lowest BCUT2D eigenvalue weighted by atomic mass is 9.90. The van der Waals surface area contributed by atoms with E-state index in [9.17, 15) is 9.18 Å². The minimum absolute atomic E-state index is 0.0524. The molecule has 1 aliphatic heterocycles. The minimum atomic E-state index is -0.565. The number of nitrogens with one attached hydrogen (secondary N) is 4. The molecule has 4 rings (SSSR count). The van der Waals surface area contributed by atoms with Crippen molar-refractivity contribution in [2.45, 2.75) is 20.8 Å². The molecule has 37 heavy (non-hydrogen) atoms. The van der Waals surface area contributed by atoms with Gasteiger partial charge in [0.25, 0.3) is 5.91 Å². The minimum Gasteiger partial charge on any atom is -0.378 e. The molecule has 3 aromatic rings. The normalized spacial score (nSPS) is 14.4. The third-order valence-corrected chi connectivity index (χ3v) is 5.75. The molecule has 1 saturated heterocycles. The second-order valence-corrected chi connectivity index (χ2v) is 9.47. The van der Waals surface area contributed by atoms with Crippen molar-refractivity contribution in [3.63, 3.8) is 0 Å². The Morgan fingerprint density at radius 2 is 1.95 bits per heavy atom. The fourth-order valence-corrected chi connectivity index (χ4v) is 3.47. The average molecular weight is 508 g/mol. The molecule has 12 heteroatoms. The lowest BCUT2D eigenvalue weighted by Crippen LogP contribution is -2.37. The molecule has 4 N–H and O–H groups in total. The van der Waals surface area contributed by atoms with Crippen LogP contribution >= 0.6 is 0 Å². The van der Waals surface area contributed by atoms with Crippen molar-refractivity contribution >= 4 is 40.1 Å². The highest BCUT2D eigenvalue weighted by Gasteiger charge is 2.19. The predicted molar refractivity (Wildman–Crippen MR) is 140 cm³/mol. The third-order valence-electron chi connectivity index (χ3n) is 5.75. The number of carbonyl (C=O) groups excluding carboxylic acids is 1. The van der Waals surface area contributed by atoms with E-state index in [1.165, 1.54) is 24.5 Å². The van der Waals surface area contributed by atoms with Gasteiger partial charge < -0.3 is 31.0 Å². The Kier molecular flexibility index (Phi) is 7.58. The van der Waals surface area contributed by atoms with Crippen LogP contribution in [0.15, 0.2) is 42.6 Å². The van der Waals surface area contributed by atoms with E-state index >= 15 is 0 Å². The molecule has 0 atom stereocenters. The van der Waals surface area contributed by atoms with Gasteiger partial charge in [0, 0.05) is 36.8 Å². The fraction of sp³-hybridized carbons (Fsp3) is 0.360. The molecule has 1 aliphatic rings. The van der Waals surface area contributed by atoms with Gasteiger partial charge in [0.05, 0.1) is 25.1 Å². The van der Waals surface area contributed by atoms with Gasteiger partial charge in [0.15, 0.2) is 5.82 Å². The zero-order valence-electron chi connectivity index (χ0n) is 21.2. The Hall–Kier alpha value is -4.19. The zero-order chi connectivity index (χ0) is 26.6. The first-order valence-electron chi connectivity index (χ1n) is 11.8. The van der Waals surface area contributed by atoms with Crippen molar-refractivity contribution in [3.8, 4) is 0 Å². The molecule has 0 unspecified atom stereocenters. The number of benzene rings is 1. The van der Waals surface area contributed by atoms with E-state index in [0.29, 0.717) is 54.8 Å². The number of rotatable bonds is 7. The van der Waals surface area contributed by atoms with Crippen molar-refractivity contribution in [2.24, 2.45) is 5.41 Å². The van der Waals surface area contributed by atoms with E-state index in [1.54, 1.807) is 19.3 Å². The van der Waals surface area contributed by atoms with Gasteiger partial charge in [-0.3, -0.25) is 4.79 Å². The van der Waals surface area contributed by atoms with Crippen LogP contribution in [0.2, 0.25) is 0 Å². The number of nitrogens with zero attached hydrogens (tertiary/aromatic N) is 5. The number of morpholine rings is 1. The van der Waals surface area contributed by atoms with Gasteiger partial charge in [-0.05, 0) is 24.3 Å². The number of anilines is 3. The van der Waals surface area contributed by atoms with Crippen LogP contribution in [0.25, 0.3) is 11.0 Å². The second-order valence-electron chi connectivity index (χ2n) is 9.47. The molecule has 0 saturated carbocycles. The molecule has 2 aromatic heterocycles. The summed E-state index contributed by atoms with van der Waals surface area (Å²) in [5.41, 5.74) is 1.15. The van der Waals surface area contributed by atoms with Crippen molar-refractivity contribution < 1.29 is 13.9 Å². The summed E-state index contributed by atoms with van der Waals surface area (Å²) in [7, 11) is 1.65. The van der Waals surface area contributed by atoms with Crippen LogP contribution in [-0.4, -0.2) is 64.9 Å². The van der Waals surface area contributed by atoms with Gasteiger partial charge >= 0.3 is 0 Å². The first kappa shape index (κ1) is 25.9. The van der Waals surface area contributed by atoms with Crippen molar-refractivity contribution in [2.75, 3.05) is 43.6 Å². The van der Waals surface area contributed by atoms with Gasteiger partial charge in [0.1, 0.15) is 29.0 Å². The lowest BCUT2D eigenvalue weighted by molar-refractivity contribution is 0.0963. The maximum atomic E-state index is 14.8. The first-order chi connectivity index (χ1) is 17.7. The molecule has 0 spiro atoms.